The summed E-state index contributed by atoms with van der Waals surface area (Å²) in [6.07, 6.45) is -3.56. The van der Waals surface area contributed by atoms with Crippen LogP contribution < -0.4 is 5.43 Å². The molecule has 1 N–H and O–H groups in total. The number of hydrogen-bond donors (Lipinski definition) is 1. The third kappa shape index (κ3) is 3.94. The molecule has 0 saturated heterocycles. The van der Waals surface area contributed by atoms with Crippen molar-refractivity contribution < 1.29 is 22.4 Å². The number of carbonyl (C=O) groups excluding carboxylic acids is 1. The van der Waals surface area contributed by atoms with Crippen LogP contribution in [0, 0.1) is 0 Å². The number of benzene rings is 1. The summed E-state index contributed by atoms with van der Waals surface area (Å²) in [4.78, 5) is 11.6. The van der Waals surface area contributed by atoms with E-state index in [2.05, 4.69) is 26.5 Å². The van der Waals surface area contributed by atoms with Gasteiger partial charge in [-0.05, 0) is 34.1 Å². The highest BCUT2D eigenvalue weighted by Crippen LogP contribution is 2.31. The van der Waals surface area contributed by atoms with Gasteiger partial charge in [-0.25, -0.2) is 5.43 Å². The fourth-order valence-electron chi connectivity index (χ4n) is 1.52. The summed E-state index contributed by atoms with van der Waals surface area (Å²) in [6, 6.07) is 7.83. The fourth-order valence-corrected chi connectivity index (χ4v) is 1.83. The molecule has 0 unspecified atom stereocenters. The van der Waals surface area contributed by atoms with Gasteiger partial charge in [-0.1, -0.05) is 18.2 Å². The van der Waals surface area contributed by atoms with Crippen molar-refractivity contribution in [1.29, 1.82) is 0 Å². The Morgan fingerprint density at radius 2 is 1.95 bits per heavy atom. The Morgan fingerprint density at radius 3 is 2.57 bits per heavy atom. The number of halogens is 4. The summed E-state index contributed by atoms with van der Waals surface area (Å²) in [5.41, 5.74) is 1.11. The number of amides is 1. The van der Waals surface area contributed by atoms with E-state index in [-0.39, 0.29) is 11.3 Å². The Balaban J connectivity index is 2.10. The number of carbonyl (C=O) groups is 1. The van der Waals surface area contributed by atoms with Gasteiger partial charge in [0.05, 0.1) is 11.8 Å². The molecule has 1 aromatic carbocycles. The molecule has 0 atom stereocenters. The predicted molar refractivity (Wildman–Crippen MR) is 72.9 cm³/mol. The number of nitrogens with zero attached hydrogens (tertiary/aromatic N) is 1. The molecule has 0 fully saturated rings. The number of furan rings is 1. The summed E-state index contributed by atoms with van der Waals surface area (Å²) in [7, 11) is 0. The molecule has 0 aliphatic heterocycles. The van der Waals surface area contributed by atoms with Crippen molar-refractivity contribution in [2.24, 2.45) is 5.10 Å². The largest absolute Gasteiger partial charge is 0.444 e. The fraction of sp³-hybridized carbons (Fsp3) is 0.0769. The topological polar surface area (TPSA) is 54.6 Å². The van der Waals surface area contributed by atoms with Gasteiger partial charge in [-0.15, -0.1) is 0 Å². The van der Waals surface area contributed by atoms with Gasteiger partial charge in [0.25, 0.3) is 0 Å². The molecule has 0 aliphatic carbocycles. The third-order valence-corrected chi connectivity index (χ3v) is 2.86. The first-order valence-corrected chi connectivity index (χ1v) is 6.42. The molecule has 0 aliphatic rings. The first-order valence-electron chi connectivity index (χ1n) is 5.63. The first-order chi connectivity index (χ1) is 9.88. The average Bonchev–Trinajstić information content (AvgIpc) is 2.85. The van der Waals surface area contributed by atoms with E-state index in [0.29, 0.717) is 4.67 Å². The van der Waals surface area contributed by atoms with Crippen molar-refractivity contribution in [1.82, 2.24) is 5.43 Å². The van der Waals surface area contributed by atoms with Crippen LogP contribution in [0.25, 0.3) is 0 Å². The van der Waals surface area contributed by atoms with E-state index in [0.717, 1.165) is 12.3 Å². The lowest BCUT2D eigenvalue weighted by Gasteiger charge is -2.09. The predicted octanol–water partition coefficient (Wildman–Crippen LogP) is 3.82. The zero-order valence-corrected chi connectivity index (χ0v) is 11.9. The lowest BCUT2D eigenvalue weighted by molar-refractivity contribution is -0.137. The van der Waals surface area contributed by atoms with Gasteiger partial charge in [0.2, 0.25) is 0 Å². The number of nitrogens with one attached hydrogen (secondary N) is 1. The molecule has 0 saturated carbocycles. The molecule has 2 rings (SSSR count). The summed E-state index contributed by atoms with van der Waals surface area (Å²) in [6.45, 7) is 0. The maximum atomic E-state index is 12.7. The van der Waals surface area contributed by atoms with E-state index in [1.54, 1.807) is 0 Å². The summed E-state index contributed by atoms with van der Waals surface area (Å²) in [5, 5.41) is 3.50. The monoisotopic (exact) mass is 360 g/mol. The highest BCUT2D eigenvalue weighted by molar-refractivity contribution is 9.10. The van der Waals surface area contributed by atoms with E-state index in [4.69, 9.17) is 4.42 Å². The van der Waals surface area contributed by atoms with Crippen LogP contribution in [-0.4, -0.2) is 12.1 Å². The van der Waals surface area contributed by atoms with Crippen LogP contribution in [0.15, 0.2) is 50.6 Å². The number of alkyl halides is 3. The normalized spacial score (nSPS) is 11.8. The first kappa shape index (κ1) is 15.3. The van der Waals surface area contributed by atoms with Crippen LogP contribution >= 0.6 is 15.9 Å². The van der Waals surface area contributed by atoms with Gasteiger partial charge in [0, 0.05) is 5.56 Å². The summed E-state index contributed by atoms with van der Waals surface area (Å²) >= 11 is 3.03. The van der Waals surface area contributed by atoms with Crippen molar-refractivity contribution in [2.45, 2.75) is 6.18 Å². The molecular formula is C13H8BrF3N2O2. The van der Waals surface area contributed by atoms with Gasteiger partial charge < -0.3 is 4.42 Å². The second kappa shape index (κ2) is 6.13. The van der Waals surface area contributed by atoms with Crippen molar-refractivity contribution in [3.63, 3.8) is 0 Å². The van der Waals surface area contributed by atoms with E-state index < -0.39 is 17.6 Å². The molecule has 8 heteroatoms. The maximum Gasteiger partial charge on any atom is 0.417 e. The second-order valence-corrected chi connectivity index (χ2v) is 4.67. The van der Waals surface area contributed by atoms with Gasteiger partial charge in [0.15, 0.2) is 10.4 Å². The van der Waals surface area contributed by atoms with Crippen molar-refractivity contribution in [3.8, 4) is 0 Å². The minimum Gasteiger partial charge on any atom is -0.444 e. The van der Waals surface area contributed by atoms with E-state index >= 15 is 0 Å². The zero-order valence-electron chi connectivity index (χ0n) is 10.3. The molecular weight excluding hydrogens is 353 g/mol. The average molecular weight is 361 g/mol. The molecule has 1 heterocycles. The SMILES string of the molecule is O=C(N/N=C/c1ccccc1C(F)(F)F)c1ccc(Br)o1. The summed E-state index contributed by atoms with van der Waals surface area (Å²) in [5.74, 6) is -0.676. The third-order valence-electron chi connectivity index (χ3n) is 2.43. The van der Waals surface area contributed by atoms with Gasteiger partial charge >= 0.3 is 12.1 Å². The molecule has 21 heavy (non-hydrogen) atoms. The molecule has 110 valence electrons. The van der Waals surface area contributed by atoms with Crippen molar-refractivity contribution >= 4 is 28.1 Å². The van der Waals surface area contributed by atoms with Gasteiger partial charge in [-0.3, -0.25) is 4.79 Å². The lowest BCUT2D eigenvalue weighted by Crippen LogP contribution is -2.17. The van der Waals surface area contributed by atoms with E-state index in [9.17, 15) is 18.0 Å². The second-order valence-electron chi connectivity index (χ2n) is 3.89. The molecule has 1 aromatic heterocycles. The highest BCUT2D eigenvalue weighted by Gasteiger charge is 2.32. The molecule has 2 aromatic rings. The zero-order chi connectivity index (χ0) is 15.5. The maximum absolute atomic E-state index is 12.7. The molecule has 0 spiro atoms. The quantitative estimate of drug-likeness (QED) is 0.668. The van der Waals surface area contributed by atoms with Crippen LogP contribution in [0.4, 0.5) is 13.2 Å². The van der Waals surface area contributed by atoms with Crippen LogP contribution in [0.5, 0.6) is 0 Å². The minimum atomic E-state index is -4.49. The number of rotatable bonds is 3. The molecule has 0 radical (unpaired) electrons. The number of hydrogen-bond acceptors (Lipinski definition) is 3. The van der Waals surface area contributed by atoms with Gasteiger partial charge in [0.1, 0.15) is 0 Å². The highest BCUT2D eigenvalue weighted by atomic mass is 79.9. The van der Waals surface area contributed by atoms with Crippen LogP contribution in [0.2, 0.25) is 0 Å². The van der Waals surface area contributed by atoms with E-state index in [1.165, 1.54) is 30.3 Å². The van der Waals surface area contributed by atoms with Crippen LogP contribution in [-0.2, 0) is 6.18 Å². The Hall–Kier alpha value is -2.09. The standard InChI is InChI=1S/C13H8BrF3N2O2/c14-11-6-5-10(21-11)12(20)19-18-7-8-3-1-2-4-9(8)13(15,16)17/h1-7H,(H,19,20)/b18-7+. The Labute approximate surface area is 125 Å². The lowest BCUT2D eigenvalue weighted by atomic mass is 10.1. The minimum absolute atomic E-state index is 0.0110. The van der Waals surface area contributed by atoms with Gasteiger partial charge in [-0.2, -0.15) is 18.3 Å². The molecule has 0 bridgehead atoms. The smallest absolute Gasteiger partial charge is 0.417 e. The molecule has 1 amide bonds. The van der Waals surface area contributed by atoms with Crippen LogP contribution in [0.3, 0.4) is 0 Å². The summed E-state index contributed by atoms with van der Waals surface area (Å²) < 4.78 is 43.5. The Bertz CT molecular complexity index is 680. The van der Waals surface area contributed by atoms with E-state index in [1.807, 2.05) is 0 Å². The number of hydrazone groups is 1. The Morgan fingerprint density at radius 1 is 1.24 bits per heavy atom. The van der Waals surface area contributed by atoms with Crippen LogP contribution in [0.1, 0.15) is 21.7 Å². The Kier molecular flexibility index (Phi) is 4.46. The van der Waals surface area contributed by atoms with Crippen molar-refractivity contribution in [2.75, 3.05) is 0 Å². The van der Waals surface area contributed by atoms with Crippen molar-refractivity contribution in [3.05, 3.63) is 58.0 Å². The molecule has 4 nitrogen and oxygen atoms in total.